The molecule has 0 radical (unpaired) electrons. The lowest BCUT2D eigenvalue weighted by molar-refractivity contribution is 0.536. The van der Waals surface area contributed by atoms with Crippen molar-refractivity contribution >= 4 is 22.6 Å². The smallest absolute Gasteiger partial charge is 0.126 e. The van der Waals surface area contributed by atoms with Crippen LogP contribution in [0.2, 0.25) is 5.02 Å². The number of unbranched alkanes of at least 4 members (excludes halogenated alkanes) is 1. The van der Waals surface area contributed by atoms with Crippen molar-refractivity contribution in [1.82, 2.24) is 9.55 Å². The minimum Gasteiger partial charge on any atom is -0.325 e. The number of aryl methyl sites for hydroxylation is 1. The molecule has 0 fully saturated rings. The van der Waals surface area contributed by atoms with Crippen molar-refractivity contribution < 1.29 is 0 Å². The monoisotopic (exact) mass is 279 g/mol. The summed E-state index contributed by atoms with van der Waals surface area (Å²) < 4.78 is 2.19. The summed E-state index contributed by atoms with van der Waals surface area (Å²) in [5.74, 6) is 0.971. The van der Waals surface area contributed by atoms with Crippen LogP contribution in [-0.2, 0) is 6.54 Å². The van der Waals surface area contributed by atoms with Crippen molar-refractivity contribution in [1.29, 1.82) is 0 Å². The van der Waals surface area contributed by atoms with Gasteiger partial charge in [0.1, 0.15) is 5.82 Å². The van der Waals surface area contributed by atoms with Crippen LogP contribution in [0.15, 0.2) is 18.2 Å². The highest BCUT2D eigenvalue weighted by Gasteiger charge is 2.17. The Labute approximate surface area is 119 Å². The predicted molar refractivity (Wildman–Crippen MR) is 81.5 cm³/mol. The highest BCUT2D eigenvalue weighted by Crippen LogP contribution is 2.28. The summed E-state index contributed by atoms with van der Waals surface area (Å²) in [4.78, 5) is 4.70. The Balaban J connectivity index is 2.47. The van der Waals surface area contributed by atoms with Crippen LogP contribution < -0.4 is 5.73 Å². The van der Waals surface area contributed by atoms with Crippen LogP contribution in [0.5, 0.6) is 0 Å². The molecule has 1 aromatic heterocycles. The third kappa shape index (κ3) is 2.93. The number of fused-ring (bicyclic) bond motifs is 1. The molecule has 1 heterocycles. The number of nitrogens with two attached hydrogens (primary N) is 1. The Kier molecular flexibility index (Phi) is 4.83. The van der Waals surface area contributed by atoms with Gasteiger partial charge in [0.05, 0.1) is 22.1 Å². The second-order valence-electron chi connectivity index (χ2n) is 4.98. The molecule has 0 aliphatic rings. The molecule has 0 aliphatic heterocycles. The van der Waals surface area contributed by atoms with Crippen LogP contribution in [0.1, 0.15) is 51.4 Å². The zero-order chi connectivity index (χ0) is 13.8. The number of para-hydroxylation sites is 1. The molecule has 0 saturated carbocycles. The van der Waals surface area contributed by atoms with E-state index in [1.807, 2.05) is 18.2 Å². The van der Waals surface area contributed by atoms with Crippen LogP contribution in [0.3, 0.4) is 0 Å². The molecule has 0 spiro atoms. The lowest BCUT2D eigenvalue weighted by Gasteiger charge is -2.14. The summed E-state index contributed by atoms with van der Waals surface area (Å²) in [6.45, 7) is 5.25. The highest BCUT2D eigenvalue weighted by atomic mass is 35.5. The van der Waals surface area contributed by atoms with Crippen LogP contribution in [0, 0.1) is 0 Å². The van der Waals surface area contributed by atoms with Crippen LogP contribution in [0.25, 0.3) is 11.0 Å². The lowest BCUT2D eigenvalue weighted by atomic mass is 10.1. The molecule has 2 rings (SSSR count). The molecule has 1 unspecified atom stereocenters. The van der Waals surface area contributed by atoms with Crippen molar-refractivity contribution in [2.24, 2.45) is 5.73 Å². The van der Waals surface area contributed by atoms with E-state index in [9.17, 15) is 0 Å². The van der Waals surface area contributed by atoms with Gasteiger partial charge in [-0.05, 0) is 25.0 Å². The molecule has 0 saturated heterocycles. The van der Waals surface area contributed by atoms with Crippen molar-refractivity contribution in [3.63, 3.8) is 0 Å². The molecule has 4 heteroatoms. The summed E-state index contributed by atoms with van der Waals surface area (Å²) in [5, 5.41) is 0.757. The van der Waals surface area contributed by atoms with Gasteiger partial charge in [0.25, 0.3) is 0 Å². The predicted octanol–water partition coefficient (Wildman–Crippen LogP) is 4.29. The van der Waals surface area contributed by atoms with E-state index in [-0.39, 0.29) is 6.04 Å². The average molecular weight is 280 g/mol. The standard InChI is InChI=1S/C15H22ClN3/c1-3-5-8-12(17)15-18-13-9-6-7-11(16)14(13)19(15)10-4-2/h6-7,9,12H,3-5,8,10,17H2,1-2H3. The van der Waals surface area contributed by atoms with Gasteiger partial charge in [0, 0.05) is 6.54 Å². The molecule has 2 N–H and O–H groups in total. The van der Waals surface area contributed by atoms with Gasteiger partial charge in [-0.2, -0.15) is 0 Å². The van der Waals surface area contributed by atoms with E-state index in [0.717, 1.165) is 54.1 Å². The largest absolute Gasteiger partial charge is 0.325 e. The van der Waals surface area contributed by atoms with E-state index in [4.69, 9.17) is 22.3 Å². The first-order valence-electron chi connectivity index (χ1n) is 7.09. The fraction of sp³-hybridized carbons (Fsp3) is 0.533. The third-order valence-electron chi connectivity index (χ3n) is 3.39. The Hall–Kier alpha value is -1.06. The van der Waals surface area contributed by atoms with E-state index in [0.29, 0.717) is 0 Å². The van der Waals surface area contributed by atoms with Crippen molar-refractivity contribution in [3.05, 3.63) is 29.0 Å². The molecule has 0 aliphatic carbocycles. The summed E-state index contributed by atoms with van der Waals surface area (Å²) in [7, 11) is 0. The third-order valence-corrected chi connectivity index (χ3v) is 3.70. The molecule has 1 aromatic carbocycles. The van der Waals surface area contributed by atoms with Gasteiger partial charge in [0.15, 0.2) is 0 Å². The van der Waals surface area contributed by atoms with E-state index in [2.05, 4.69) is 18.4 Å². The first-order chi connectivity index (χ1) is 9.19. The lowest BCUT2D eigenvalue weighted by Crippen LogP contribution is -2.17. The number of benzene rings is 1. The fourth-order valence-electron chi connectivity index (χ4n) is 2.45. The molecule has 3 nitrogen and oxygen atoms in total. The van der Waals surface area contributed by atoms with E-state index < -0.39 is 0 Å². The van der Waals surface area contributed by atoms with Crippen molar-refractivity contribution in [2.45, 2.75) is 52.1 Å². The zero-order valence-electron chi connectivity index (χ0n) is 11.7. The van der Waals surface area contributed by atoms with E-state index in [1.54, 1.807) is 0 Å². The molecular weight excluding hydrogens is 258 g/mol. The quantitative estimate of drug-likeness (QED) is 0.857. The second-order valence-corrected chi connectivity index (χ2v) is 5.39. The topological polar surface area (TPSA) is 43.8 Å². The number of imidazole rings is 1. The molecule has 0 amide bonds. The SMILES string of the molecule is CCCCC(N)c1nc2cccc(Cl)c2n1CCC. The normalized spacial score (nSPS) is 13.1. The Bertz CT molecular complexity index is 548. The minimum absolute atomic E-state index is 0.00466. The maximum atomic E-state index is 6.32. The van der Waals surface area contributed by atoms with Crippen LogP contribution in [-0.4, -0.2) is 9.55 Å². The Morgan fingerprint density at radius 3 is 2.79 bits per heavy atom. The molecule has 1 atom stereocenters. The molecule has 0 bridgehead atoms. The fourth-order valence-corrected chi connectivity index (χ4v) is 2.72. The maximum Gasteiger partial charge on any atom is 0.126 e. The maximum absolute atomic E-state index is 6.32. The average Bonchev–Trinajstić information content (AvgIpc) is 2.77. The van der Waals surface area contributed by atoms with E-state index in [1.165, 1.54) is 0 Å². The molecule has 19 heavy (non-hydrogen) atoms. The van der Waals surface area contributed by atoms with Crippen molar-refractivity contribution in [3.8, 4) is 0 Å². The van der Waals surface area contributed by atoms with Gasteiger partial charge in [-0.15, -0.1) is 0 Å². The highest BCUT2D eigenvalue weighted by molar-refractivity contribution is 6.35. The number of halogens is 1. The molecular formula is C15H22ClN3. The van der Waals surface area contributed by atoms with Crippen LogP contribution >= 0.6 is 11.6 Å². The van der Waals surface area contributed by atoms with Gasteiger partial charge < -0.3 is 10.3 Å². The van der Waals surface area contributed by atoms with Crippen LogP contribution in [0.4, 0.5) is 0 Å². The Morgan fingerprint density at radius 2 is 2.11 bits per heavy atom. The number of rotatable bonds is 6. The van der Waals surface area contributed by atoms with Gasteiger partial charge in [-0.3, -0.25) is 0 Å². The van der Waals surface area contributed by atoms with Crippen molar-refractivity contribution in [2.75, 3.05) is 0 Å². The summed E-state index contributed by atoms with van der Waals surface area (Å²) >= 11 is 6.32. The summed E-state index contributed by atoms with van der Waals surface area (Å²) in [6.07, 6.45) is 4.30. The van der Waals surface area contributed by atoms with Gasteiger partial charge in [0.2, 0.25) is 0 Å². The molecule has 2 aromatic rings. The summed E-state index contributed by atoms with van der Waals surface area (Å²) in [6, 6.07) is 5.85. The Morgan fingerprint density at radius 1 is 1.32 bits per heavy atom. The molecule has 104 valence electrons. The zero-order valence-corrected chi connectivity index (χ0v) is 12.5. The van der Waals surface area contributed by atoms with Gasteiger partial charge >= 0.3 is 0 Å². The number of aromatic nitrogens is 2. The summed E-state index contributed by atoms with van der Waals surface area (Å²) in [5.41, 5.74) is 8.27. The number of nitrogens with zero attached hydrogens (tertiary/aromatic N) is 2. The van der Waals surface area contributed by atoms with E-state index >= 15 is 0 Å². The minimum atomic E-state index is -0.00466. The van der Waals surface area contributed by atoms with Gasteiger partial charge in [-0.1, -0.05) is 44.4 Å². The van der Waals surface area contributed by atoms with Gasteiger partial charge in [-0.25, -0.2) is 4.98 Å². The number of hydrogen-bond acceptors (Lipinski definition) is 2. The first kappa shape index (κ1) is 14.4. The number of hydrogen-bond donors (Lipinski definition) is 1. The first-order valence-corrected chi connectivity index (χ1v) is 7.47. The second kappa shape index (κ2) is 6.40.